The van der Waals surface area contributed by atoms with Gasteiger partial charge in [-0.1, -0.05) is 18.2 Å². The number of benzene rings is 1. The summed E-state index contributed by atoms with van der Waals surface area (Å²) in [5, 5.41) is 19.2. The minimum absolute atomic E-state index is 0.0856. The van der Waals surface area contributed by atoms with Gasteiger partial charge in [-0.25, -0.2) is 9.48 Å². The number of amides is 4. The molecule has 1 saturated heterocycles. The van der Waals surface area contributed by atoms with Crippen molar-refractivity contribution >= 4 is 29.8 Å². The standard InChI is InChI=1S/C29H38N6O8/c1-4-42-28(41)34-16-14-33(15-17-34)26(39)21(12-13-24(36)37)31-25(38)22-18-23(35(32-22)20-8-6-5-7-9-20)43-29(2,3)27(40)30-19-10-11-19/h5-9,18-19,21H,4,10-17H2,1-3H3,(H,30,40)(H,31,38)(H,36,37)/t21-/m0/s1. The number of ether oxygens (including phenoxy) is 2. The lowest BCUT2D eigenvalue weighted by molar-refractivity contribution is -0.138. The van der Waals surface area contributed by atoms with E-state index in [9.17, 15) is 29.1 Å². The quantitative estimate of drug-likeness (QED) is 0.328. The van der Waals surface area contributed by atoms with E-state index in [1.54, 1.807) is 45.0 Å². The first-order valence-electron chi connectivity index (χ1n) is 14.4. The normalized spacial score (nSPS) is 15.8. The molecule has 0 spiro atoms. The molecule has 0 radical (unpaired) electrons. The van der Waals surface area contributed by atoms with Crippen LogP contribution in [0.3, 0.4) is 0 Å². The Morgan fingerprint density at radius 1 is 1.05 bits per heavy atom. The number of para-hydroxylation sites is 1. The monoisotopic (exact) mass is 598 g/mol. The van der Waals surface area contributed by atoms with Gasteiger partial charge in [-0.15, -0.1) is 0 Å². The molecule has 14 heteroatoms. The maximum atomic E-state index is 13.4. The van der Waals surface area contributed by atoms with Crippen molar-refractivity contribution in [3.05, 3.63) is 42.1 Å². The zero-order chi connectivity index (χ0) is 31.1. The molecule has 14 nitrogen and oxygen atoms in total. The molecule has 2 aromatic rings. The zero-order valence-electron chi connectivity index (χ0n) is 24.6. The zero-order valence-corrected chi connectivity index (χ0v) is 24.6. The maximum Gasteiger partial charge on any atom is 0.409 e. The van der Waals surface area contributed by atoms with Crippen LogP contribution in [0, 0.1) is 0 Å². The van der Waals surface area contributed by atoms with Crippen molar-refractivity contribution in [1.82, 2.24) is 30.2 Å². The molecule has 2 heterocycles. The predicted molar refractivity (Wildman–Crippen MR) is 153 cm³/mol. The van der Waals surface area contributed by atoms with E-state index in [0.29, 0.717) is 5.69 Å². The van der Waals surface area contributed by atoms with Crippen molar-refractivity contribution in [3.8, 4) is 11.6 Å². The first kappa shape index (κ1) is 31.3. The highest BCUT2D eigenvalue weighted by atomic mass is 16.6. The number of carboxylic acid groups (broad SMARTS) is 1. The number of nitrogens with one attached hydrogen (secondary N) is 2. The summed E-state index contributed by atoms with van der Waals surface area (Å²) in [5.74, 6) is -2.46. The molecular formula is C29H38N6O8. The predicted octanol–water partition coefficient (Wildman–Crippen LogP) is 1.57. The second kappa shape index (κ2) is 13.6. The molecule has 1 aromatic heterocycles. The molecule has 0 unspecified atom stereocenters. The lowest BCUT2D eigenvalue weighted by atomic mass is 10.1. The van der Waals surface area contributed by atoms with E-state index in [1.807, 2.05) is 6.07 Å². The van der Waals surface area contributed by atoms with E-state index in [-0.39, 0.29) is 69.2 Å². The van der Waals surface area contributed by atoms with Crippen molar-refractivity contribution in [2.24, 2.45) is 0 Å². The molecule has 232 valence electrons. The van der Waals surface area contributed by atoms with Crippen LogP contribution in [0.1, 0.15) is 56.9 Å². The first-order chi connectivity index (χ1) is 20.5. The lowest BCUT2D eigenvalue weighted by Gasteiger charge is -2.35. The fourth-order valence-corrected chi connectivity index (χ4v) is 4.50. The molecule has 1 aliphatic carbocycles. The van der Waals surface area contributed by atoms with Crippen LogP contribution in [0.2, 0.25) is 0 Å². The van der Waals surface area contributed by atoms with E-state index >= 15 is 0 Å². The third kappa shape index (κ3) is 8.23. The fourth-order valence-electron chi connectivity index (χ4n) is 4.50. The summed E-state index contributed by atoms with van der Waals surface area (Å²) in [7, 11) is 0. The minimum atomic E-state index is -1.28. The third-order valence-corrected chi connectivity index (χ3v) is 7.10. The second-order valence-corrected chi connectivity index (χ2v) is 10.9. The number of hydrogen-bond acceptors (Lipinski definition) is 8. The maximum absolute atomic E-state index is 13.4. The van der Waals surface area contributed by atoms with Gasteiger partial charge < -0.3 is 35.0 Å². The van der Waals surface area contributed by atoms with E-state index in [0.717, 1.165) is 12.8 Å². The lowest BCUT2D eigenvalue weighted by Crippen LogP contribution is -2.56. The van der Waals surface area contributed by atoms with Gasteiger partial charge in [0.1, 0.15) is 6.04 Å². The largest absolute Gasteiger partial charge is 0.481 e. The summed E-state index contributed by atoms with van der Waals surface area (Å²) >= 11 is 0. The number of hydrogen-bond donors (Lipinski definition) is 3. The van der Waals surface area contributed by atoms with Gasteiger partial charge in [-0.3, -0.25) is 19.2 Å². The van der Waals surface area contributed by atoms with Gasteiger partial charge in [0.25, 0.3) is 11.8 Å². The van der Waals surface area contributed by atoms with Gasteiger partial charge in [-0.05, 0) is 52.2 Å². The molecule has 1 aliphatic heterocycles. The number of aromatic nitrogens is 2. The van der Waals surface area contributed by atoms with Gasteiger partial charge in [0.05, 0.1) is 12.3 Å². The average molecular weight is 599 g/mol. The molecule has 3 N–H and O–H groups in total. The number of nitrogens with zero attached hydrogens (tertiary/aromatic N) is 4. The summed E-state index contributed by atoms with van der Waals surface area (Å²) in [6.07, 6.45) is 0.866. The number of carbonyl (C=O) groups excluding carboxylic acids is 4. The number of aliphatic carboxylic acids is 1. The second-order valence-electron chi connectivity index (χ2n) is 10.9. The molecule has 1 saturated carbocycles. The van der Waals surface area contributed by atoms with Crippen molar-refractivity contribution < 1.29 is 38.6 Å². The van der Waals surface area contributed by atoms with Crippen molar-refractivity contribution in [1.29, 1.82) is 0 Å². The van der Waals surface area contributed by atoms with Gasteiger partial charge in [0.15, 0.2) is 11.3 Å². The number of carboxylic acids is 1. The summed E-state index contributed by atoms with van der Waals surface area (Å²) in [5.41, 5.74) is -0.792. The molecule has 0 bridgehead atoms. The highest BCUT2D eigenvalue weighted by molar-refractivity contribution is 5.96. The molecule has 4 amide bonds. The van der Waals surface area contributed by atoms with E-state index in [1.165, 1.54) is 20.5 Å². The van der Waals surface area contributed by atoms with Crippen LogP contribution in [0.4, 0.5) is 4.79 Å². The highest BCUT2D eigenvalue weighted by Gasteiger charge is 2.36. The van der Waals surface area contributed by atoms with Crippen LogP contribution in [0.25, 0.3) is 5.69 Å². The summed E-state index contributed by atoms with van der Waals surface area (Å²) in [4.78, 5) is 66.0. The van der Waals surface area contributed by atoms with Crippen molar-refractivity contribution in [2.45, 2.75) is 64.1 Å². The van der Waals surface area contributed by atoms with Gasteiger partial charge in [0, 0.05) is 44.7 Å². The fraction of sp³-hybridized carbons (Fsp3) is 0.517. The minimum Gasteiger partial charge on any atom is -0.481 e. The Morgan fingerprint density at radius 2 is 1.70 bits per heavy atom. The van der Waals surface area contributed by atoms with Gasteiger partial charge in [0.2, 0.25) is 11.8 Å². The van der Waals surface area contributed by atoms with Crippen molar-refractivity contribution in [2.75, 3.05) is 32.8 Å². The topological polar surface area (TPSA) is 172 Å². The molecular weight excluding hydrogens is 560 g/mol. The van der Waals surface area contributed by atoms with Crippen LogP contribution in [-0.4, -0.2) is 105 Å². The summed E-state index contributed by atoms with van der Waals surface area (Å²) < 4.78 is 12.5. The molecule has 1 atom stereocenters. The van der Waals surface area contributed by atoms with Crippen LogP contribution in [0.15, 0.2) is 36.4 Å². The van der Waals surface area contributed by atoms with Crippen LogP contribution >= 0.6 is 0 Å². The van der Waals surface area contributed by atoms with Crippen LogP contribution < -0.4 is 15.4 Å². The SMILES string of the molecule is CCOC(=O)N1CCN(C(=O)[C@H](CCC(=O)O)NC(=O)c2cc(OC(C)(C)C(=O)NC3CC3)n(-c3ccccc3)n2)CC1. The Bertz CT molecular complexity index is 1330. The highest BCUT2D eigenvalue weighted by Crippen LogP contribution is 2.26. The smallest absolute Gasteiger partial charge is 0.409 e. The first-order valence-corrected chi connectivity index (χ1v) is 14.4. The van der Waals surface area contributed by atoms with Crippen molar-refractivity contribution in [3.63, 3.8) is 0 Å². The summed E-state index contributed by atoms with van der Waals surface area (Å²) in [6.45, 7) is 6.08. The Hall–Kier alpha value is -4.62. The van der Waals surface area contributed by atoms with E-state index in [4.69, 9.17) is 9.47 Å². The Morgan fingerprint density at radius 3 is 2.30 bits per heavy atom. The molecule has 2 fully saturated rings. The van der Waals surface area contributed by atoms with Crippen LogP contribution in [-0.2, 0) is 19.1 Å². The third-order valence-electron chi connectivity index (χ3n) is 7.10. The van der Waals surface area contributed by atoms with E-state index in [2.05, 4.69) is 15.7 Å². The molecule has 43 heavy (non-hydrogen) atoms. The summed E-state index contributed by atoms with van der Waals surface area (Å²) in [6, 6.07) is 9.27. The van der Waals surface area contributed by atoms with Crippen LogP contribution in [0.5, 0.6) is 5.88 Å². The molecule has 1 aromatic carbocycles. The van der Waals surface area contributed by atoms with E-state index < -0.39 is 35.5 Å². The average Bonchev–Trinajstić information content (AvgIpc) is 3.71. The molecule has 2 aliphatic rings. The number of rotatable bonds is 12. The van der Waals surface area contributed by atoms with Gasteiger partial charge >= 0.3 is 12.1 Å². The van der Waals surface area contributed by atoms with Gasteiger partial charge in [-0.2, -0.15) is 5.10 Å². The molecule has 4 rings (SSSR count). The Kier molecular flexibility index (Phi) is 9.88. The number of piperazine rings is 1. The Labute approximate surface area is 249 Å². The Balaban J connectivity index is 1.52. The number of carbonyl (C=O) groups is 5.